The summed E-state index contributed by atoms with van der Waals surface area (Å²) in [5.74, 6) is -0.368. The van der Waals surface area contributed by atoms with Gasteiger partial charge >= 0.3 is 0 Å². The van der Waals surface area contributed by atoms with Crippen LogP contribution in [-0.4, -0.2) is 17.7 Å². The molecule has 0 aliphatic rings. The van der Waals surface area contributed by atoms with Crippen molar-refractivity contribution in [3.63, 3.8) is 0 Å². The number of carbonyl (C=O) groups is 2. The molecule has 1 aromatic rings. The van der Waals surface area contributed by atoms with Crippen molar-refractivity contribution in [1.82, 2.24) is 0 Å². The minimum atomic E-state index is -0.609. The number of anilines is 2. The lowest BCUT2D eigenvalue weighted by Gasteiger charge is -2.21. The van der Waals surface area contributed by atoms with Gasteiger partial charge in [0.05, 0.1) is 16.1 Å². The van der Waals surface area contributed by atoms with Gasteiger partial charge in [-0.3, -0.25) is 9.59 Å². The average molecular weight is 283 g/mol. The van der Waals surface area contributed by atoms with Crippen molar-refractivity contribution in [1.29, 1.82) is 0 Å². The normalized spacial score (nSPS) is 12.5. The molecular formula is C13H21N3O2S. The van der Waals surface area contributed by atoms with Crippen LogP contribution in [0.25, 0.3) is 0 Å². The highest BCUT2D eigenvalue weighted by Crippen LogP contribution is 2.36. The van der Waals surface area contributed by atoms with E-state index >= 15 is 0 Å². The molecule has 5 nitrogen and oxygen atoms in total. The Morgan fingerprint density at radius 3 is 2.32 bits per heavy atom. The number of primary amides is 1. The summed E-state index contributed by atoms with van der Waals surface area (Å²) < 4.78 is 0. The number of nitrogens with one attached hydrogen (secondary N) is 1. The molecule has 0 fully saturated rings. The molecule has 6 heteroatoms. The van der Waals surface area contributed by atoms with Crippen molar-refractivity contribution >= 4 is 33.7 Å². The van der Waals surface area contributed by atoms with Gasteiger partial charge in [-0.05, 0) is 12.3 Å². The topological polar surface area (TPSA) is 98.2 Å². The number of rotatable bonds is 6. The lowest BCUT2D eigenvalue weighted by atomic mass is 10.0. The molecule has 1 unspecified atom stereocenters. The van der Waals surface area contributed by atoms with E-state index in [1.807, 2.05) is 0 Å². The van der Waals surface area contributed by atoms with Gasteiger partial charge < -0.3 is 16.8 Å². The van der Waals surface area contributed by atoms with Crippen LogP contribution in [0.1, 0.15) is 54.1 Å². The fourth-order valence-corrected chi connectivity index (χ4v) is 3.04. The molecule has 0 aliphatic carbocycles. The quantitative estimate of drug-likeness (QED) is 0.698. The van der Waals surface area contributed by atoms with Gasteiger partial charge in [-0.15, -0.1) is 11.3 Å². The van der Waals surface area contributed by atoms with Crippen LogP contribution in [0.4, 0.5) is 10.7 Å². The van der Waals surface area contributed by atoms with Crippen LogP contribution in [-0.2, 0) is 0 Å². The summed E-state index contributed by atoms with van der Waals surface area (Å²) in [6.07, 6.45) is 0.906. The number of hydrogen-bond acceptors (Lipinski definition) is 5. The number of nitrogen functional groups attached to an aromatic ring is 1. The van der Waals surface area contributed by atoms with Crippen LogP contribution < -0.4 is 16.8 Å². The summed E-state index contributed by atoms with van der Waals surface area (Å²) >= 11 is 1.20. The second-order valence-corrected chi connectivity index (χ2v) is 5.89. The molecule has 19 heavy (non-hydrogen) atoms. The van der Waals surface area contributed by atoms with Gasteiger partial charge in [0.25, 0.3) is 5.91 Å². The van der Waals surface area contributed by atoms with Crippen LogP contribution in [0.5, 0.6) is 0 Å². The first kappa shape index (κ1) is 15.5. The molecule has 1 aromatic heterocycles. The molecule has 0 saturated heterocycles. The maximum Gasteiger partial charge on any atom is 0.253 e. The number of carbonyl (C=O) groups excluding carboxylic acids is 2. The molecule has 0 bridgehead atoms. The van der Waals surface area contributed by atoms with Gasteiger partial charge in [0.1, 0.15) is 5.00 Å². The van der Waals surface area contributed by atoms with E-state index in [9.17, 15) is 9.59 Å². The molecule has 0 saturated carbocycles. The summed E-state index contributed by atoms with van der Waals surface area (Å²) in [6, 6.07) is 0.205. The molecule has 0 aromatic carbocycles. The Morgan fingerprint density at radius 2 is 1.95 bits per heavy atom. The first-order valence-electron chi connectivity index (χ1n) is 6.29. The van der Waals surface area contributed by atoms with Gasteiger partial charge in [0.2, 0.25) is 0 Å². The molecule has 1 amide bonds. The zero-order chi connectivity index (χ0) is 14.7. The van der Waals surface area contributed by atoms with E-state index in [1.54, 1.807) is 0 Å². The fraction of sp³-hybridized carbons (Fsp3) is 0.538. The third-order valence-electron chi connectivity index (χ3n) is 3.07. The predicted molar refractivity (Wildman–Crippen MR) is 79.8 cm³/mol. The number of Topliss-reactive ketones (excluding diaryl/α,β-unsaturated/α-hetero) is 1. The number of thiophene rings is 1. The number of hydrogen-bond donors (Lipinski definition) is 3. The number of amides is 1. The van der Waals surface area contributed by atoms with E-state index in [0.29, 0.717) is 15.8 Å². The Bertz CT molecular complexity index is 494. The van der Waals surface area contributed by atoms with Gasteiger partial charge in [0.15, 0.2) is 5.78 Å². The molecular weight excluding hydrogens is 262 g/mol. The highest BCUT2D eigenvalue weighted by atomic mass is 32.1. The second-order valence-electron chi connectivity index (χ2n) is 4.87. The van der Waals surface area contributed by atoms with E-state index in [1.165, 1.54) is 18.3 Å². The van der Waals surface area contributed by atoms with E-state index in [-0.39, 0.29) is 23.1 Å². The third kappa shape index (κ3) is 3.26. The van der Waals surface area contributed by atoms with Crippen molar-refractivity contribution in [2.75, 3.05) is 11.1 Å². The largest absolute Gasteiger partial charge is 0.397 e. The Kier molecular flexibility index (Phi) is 4.94. The van der Waals surface area contributed by atoms with Crippen LogP contribution in [0, 0.1) is 5.92 Å². The Balaban J connectivity index is 3.23. The SMILES string of the molecule is CCC(Nc1sc(C(C)=O)c(N)c1C(N)=O)C(C)C. The maximum absolute atomic E-state index is 11.5. The lowest BCUT2D eigenvalue weighted by Crippen LogP contribution is -2.25. The van der Waals surface area contributed by atoms with Crippen molar-refractivity contribution in [2.24, 2.45) is 11.7 Å². The van der Waals surface area contributed by atoms with Gasteiger partial charge in [-0.25, -0.2) is 0 Å². The smallest absolute Gasteiger partial charge is 0.253 e. The zero-order valence-electron chi connectivity index (χ0n) is 11.7. The number of nitrogens with two attached hydrogens (primary N) is 2. The van der Waals surface area contributed by atoms with Crippen LogP contribution in [0.3, 0.4) is 0 Å². The highest BCUT2D eigenvalue weighted by molar-refractivity contribution is 7.19. The van der Waals surface area contributed by atoms with Crippen LogP contribution in [0.15, 0.2) is 0 Å². The molecule has 1 rings (SSSR count). The first-order valence-corrected chi connectivity index (χ1v) is 7.10. The van der Waals surface area contributed by atoms with Crippen molar-refractivity contribution in [2.45, 2.75) is 40.2 Å². The van der Waals surface area contributed by atoms with E-state index < -0.39 is 5.91 Å². The van der Waals surface area contributed by atoms with E-state index in [2.05, 4.69) is 26.1 Å². The summed E-state index contributed by atoms with van der Waals surface area (Å²) in [5, 5.41) is 3.87. The Morgan fingerprint density at radius 1 is 1.37 bits per heavy atom. The minimum absolute atomic E-state index is 0.157. The van der Waals surface area contributed by atoms with E-state index in [0.717, 1.165) is 6.42 Å². The maximum atomic E-state index is 11.5. The first-order chi connectivity index (χ1) is 8.79. The minimum Gasteiger partial charge on any atom is -0.397 e. The van der Waals surface area contributed by atoms with Gasteiger partial charge in [-0.2, -0.15) is 0 Å². The molecule has 1 atom stereocenters. The lowest BCUT2D eigenvalue weighted by molar-refractivity contribution is 0.100. The van der Waals surface area contributed by atoms with Gasteiger partial charge in [-0.1, -0.05) is 20.8 Å². The highest BCUT2D eigenvalue weighted by Gasteiger charge is 2.24. The van der Waals surface area contributed by atoms with E-state index in [4.69, 9.17) is 11.5 Å². The Labute approximate surface area is 117 Å². The fourth-order valence-electron chi connectivity index (χ4n) is 1.96. The molecule has 106 valence electrons. The van der Waals surface area contributed by atoms with Crippen LogP contribution >= 0.6 is 11.3 Å². The predicted octanol–water partition coefficient (Wildman–Crippen LogP) is 2.48. The van der Waals surface area contributed by atoms with Crippen LogP contribution in [0.2, 0.25) is 0 Å². The van der Waals surface area contributed by atoms with Gasteiger partial charge in [0, 0.05) is 13.0 Å². The zero-order valence-corrected chi connectivity index (χ0v) is 12.6. The van der Waals surface area contributed by atoms with Crippen molar-refractivity contribution < 1.29 is 9.59 Å². The van der Waals surface area contributed by atoms with Crippen molar-refractivity contribution in [3.8, 4) is 0 Å². The molecule has 1 heterocycles. The molecule has 0 aliphatic heterocycles. The summed E-state index contributed by atoms with van der Waals surface area (Å²) in [4.78, 5) is 23.4. The monoisotopic (exact) mass is 283 g/mol. The number of ketones is 1. The second kappa shape index (κ2) is 6.06. The summed E-state index contributed by atoms with van der Waals surface area (Å²) in [5.41, 5.74) is 11.6. The standard InChI is InChI=1S/C13H21N3O2S/c1-5-8(6(2)3)16-13-9(12(15)18)10(14)11(19-13)7(4)17/h6,8,16H,5,14H2,1-4H3,(H2,15,18). The molecule has 5 N–H and O–H groups in total. The summed E-state index contributed by atoms with van der Waals surface area (Å²) in [7, 11) is 0. The molecule has 0 spiro atoms. The van der Waals surface area contributed by atoms with Crippen molar-refractivity contribution in [3.05, 3.63) is 10.4 Å². The third-order valence-corrected chi connectivity index (χ3v) is 4.31. The Hall–Kier alpha value is -1.56. The summed E-state index contributed by atoms with van der Waals surface area (Å²) in [6.45, 7) is 7.67. The molecule has 0 radical (unpaired) electrons. The average Bonchev–Trinajstić information content (AvgIpc) is 2.62.